The molecule has 2 aromatic carbocycles. The highest BCUT2D eigenvalue weighted by molar-refractivity contribution is 7.98. The zero-order valence-electron chi connectivity index (χ0n) is 16.8. The van der Waals surface area contributed by atoms with Crippen LogP contribution in [0.15, 0.2) is 48.5 Å². The number of nitriles is 1. The smallest absolute Gasteiger partial charge is 0.223 e. The standard InChI is InChI=1S/C24H25N3OS2/c25-15-17-7-1-2-8-18(17)16-29-14-13-26-23(28)19-9-3-4-10-20(19)24-27-21-11-5-6-12-22(21)30-24/h1-2,5-8,11-12,19-20H,3-4,9-10,13-14,16H2,(H,26,28)/t19-,20-/m1/s1. The first-order valence-electron chi connectivity index (χ1n) is 10.4. The number of nitrogens with one attached hydrogen (secondary N) is 1. The minimum Gasteiger partial charge on any atom is -0.355 e. The summed E-state index contributed by atoms with van der Waals surface area (Å²) in [5.74, 6) is 2.04. The van der Waals surface area contributed by atoms with E-state index < -0.39 is 0 Å². The van der Waals surface area contributed by atoms with Gasteiger partial charge < -0.3 is 5.32 Å². The van der Waals surface area contributed by atoms with Crippen LogP contribution in [0.5, 0.6) is 0 Å². The third-order valence-corrected chi connectivity index (χ3v) is 7.85. The number of hydrogen-bond donors (Lipinski definition) is 1. The van der Waals surface area contributed by atoms with Crippen LogP contribution >= 0.6 is 23.1 Å². The zero-order valence-corrected chi connectivity index (χ0v) is 18.5. The van der Waals surface area contributed by atoms with Crippen LogP contribution in [0.3, 0.4) is 0 Å². The molecule has 6 heteroatoms. The Bertz CT molecular complexity index is 1020. The van der Waals surface area contributed by atoms with Crippen LogP contribution in [0.1, 0.15) is 47.7 Å². The molecule has 0 saturated heterocycles. The van der Waals surface area contributed by atoms with Gasteiger partial charge in [0.2, 0.25) is 5.91 Å². The number of rotatable bonds is 7. The van der Waals surface area contributed by atoms with Crippen LogP contribution in [0.25, 0.3) is 10.2 Å². The highest BCUT2D eigenvalue weighted by atomic mass is 32.2. The number of aromatic nitrogens is 1. The number of thioether (sulfide) groups is 1. The Balaban J connectivity index is 1.31. The van der Waals surface area contributed by atoms with Gasteiger partial charge in [0.15, 0.2) is 0 Å². The Hall–Kier alpha value is -2.36. The van der Waals surface area contributed by atoms with Crippen LogP contribution in [-0.2, 0) is 10.5 Å². The van der Waals surface area contributed by atoms with E-state index in [1.165, 1.54) is 11.1 Å². The van der Waals surface area contributed by atoms with Crippen molar-refractivity contribution in [3.05, 3.63) is 64.7 Å². The van der Waals surface area contributed by atoms with Crippen molar-refractivity contribution in [2.75, 3.05) is 12.3 Å². The van der Waals surface area contributed by atoms with E-state index in [2.05, 4.69) is 23.5 Å². The van der Waals surface area contributed by atoms with E-state index in [4.69, 9.17) is 4.98 Å². The molecule has 3 aromatic rings. The molecular formula is C24H25N3OS2. The summed E-state index contributed by atoms with van der Waals surface area (Å²) < 4.78 is 1.20. The molecule has 4 nitrogen and oxygen atoms in total. The molecule has 0 bridgehead atoms. The SMILES string of the molecule is N#Cc1ccccc1CSCCNC(=O)[C@@H]1CCCC[C@H]1c1nc2ccccc2s1. The van der Waals surface area contributed by atoms with E-state index in [1.807, 2.05) is 36.4 Å². The highest BCUT2D eigenvalue weighted by Gasteiger charge is 2.33. The molecule has 1 heterocycles. The van der Waals surface area contributed by atoms with Crippen molar-refractivity contribution in [1.82, 2.24) is 10.3 Å². The molecule has 30 heavy (non-hydrogen) atoms. The normalized spacial score (nSPS) is 18.8. The predicted octanol–water partition coefficient (Wildman–Crippen LogP) is 5.49. The first-order valence-corrected chi connectivity index (χ1v) is 12.4. The van der Waals surface area contributed by atoms with Crippen LogP contribution in [0, 0.1) is 17.2 Å². The summed E-state index contributed by atoms with van der Waals surface area (Å²) in [5.41, 5.74) is 2.82. The van der Waals surface area contributed by atoms with Crippen molar-refractivity contribution < 1.29 is 4.79 Å². The van der Waals surface area contributed by atoms with Gasteiger partial charge in [0.1, 0.15) is 0 Å². The lowest BCUT2D eigenvalue weighted by atomic mass is 9.79. The second kappa shape index (κ2) is 10.1. The summed E-state index contributed by atoms with van der Waals surface area (Å²) in [6, 6.07) is 18.2. The fourth-order valence-electron chi connectivity index (χ4n) is 4.10. The van der Waals surface area contributed by atoms with E-state index in [0.717, 1.165) is 52.4 Å². The molecule has 1 N–H and O–H groups in total. The van der Waals surface area contributed by atoms with Crippen LogP contribution in [0.4, 0.5) is 0 Å². The summed E-state index contributed by atoms with van der Waals surface area (Å²) in [7, 11) is 0. The van der Waals surface area contributed by atoms with Crippen molar-refractivity contribution in [2.24, 2.45) is 5.92 Å². The zero-order chi connectivity index (χ0) is 20.8. The number of para-hydroxylation sites is 1. The Kier molecular flexibility index (Phi) is 7.03. The van der Waals surface area contributed by atoms with Crippen molar-refractivity contribution in [2.45, 2.75) is 37.4 Å². The minimum absolute atomic E-state index is 0.0172. The topological polar surface area (TPSA) is 65.8 Å². The summed E-state index contributed by atoms with van der Waals surface area (Å²) in [6.07, 6.45) is 4.25. The monoisotopic (exact) mass is 435 g/mol. The summed E-state index contributed by atoms with van der Waals surface area (Å²) in [5, 5.41) is 13.4. The first kappa shape index (κ1) is 20.9. The van der Waals surface area contributed by atoms with Crippen molar-refractivity contribution >= 4 is 39.2 Å². The molecule has 154 valence electrons. The van der Waals surface area contributed by atoms with Gasteiger partial charge in [0, 0.05) is 29.9 Å². The Morgan fingerprint density at radius 3 is 2.83 bits per heavy atom. The van der Waals surface area contributed by atoms with E-state index in [9.17, 15) is 10.1 Å². The van der Waals surface area contributed by atoms with E-state index in [0.29, 0.717) is 6.54 Å². The number of carbonyl (C=O) groups is 1. The third kappa shape index (κ3) is 4.85. The fourth-order valence-corrected chi connectivity index (χ4v) is 6.13. The van der Waals surface area contributed by atoms with E-state index in [-0.39, 0.29) is 17.7 Å². The van der Waals surface area contributed by atoms with Crippen LogP contribution in [-0.4, -0.2) is 23.2 Å². The summed E-state index contributed by atoms with van der Waals surface area (Å²) in [4.78, 5) is 17.8. The molecule has 1 fully saturated rings. The maximum atomic E-state index is 12.9. The quantitative estimate of drug-likeness (QED) is 0.498. The summed E-state index contributed by atoms with van der Waals surface area (Å²) >= 11 is 3.48. The minimum atomic E-state index is 0.0172. The van der Waals surface area contributed by atoms with Gasteiger partial charge in [-0.3, -0.25) is 4.79 Å². The number of thiazole rings is 1. The predicted molar refractivity (Wildman–Crippen MR) is 125 cm³/mol. The van der Waals surface area contributed by atoms with Crippen molar-refractivity contribution in [3.8, 4) is 6.07 Å². The molecule has 1 aliphatic carbocycles. The Morgan fingerprint density at radius 2 is 1.97 bits per heavy atom. The van der Waals surface area contributed by atoms with Crippen molar-refractivity contribution in [3.63, 3.8) is 0 Å². The maximum absolute atomic E-state index is 12.9. The van der Waals surface area contributed by atoms with Gasteiger partial charge in [-0.05, 0) is 36.6 Å². The van der Waals surface area contributed by atoms with Crippen LogP contribution in [0.2, 0.25) is 0 Å². The molecule has 2 atom stereocenters. The number of benzene rings is 2. The largest absolute Gasteiger partial charge is 0.355 e. The average Bonchev–Trinajstić information content (AvgIpc) is 3.23. The summed E-state index contributed by atoms with van der Waals surface area (Å²) in [6.45, 7) is 0.654. The second-order valence-corrected chi connectivity index (χ2v) is 9.80. The number of amides is 1. The van der Waals surface area contributed by atoms with Gasteiger partial charge in [-0.2, -0.15) is 17.0 Å². The van der Waals surface area contributed by atoms with Gasteiger partial charge in [-0.1, -0.05) is 43.2 Å². The Labute approximate surface area is 185 Å². The van der Waals surface area contributed by atoms with Gasteiger partial charge in [-0.15, -0.1) is 11.3 Å². The number of carbonyl (C=O) groups excluding carboxylic acids is 1. The van der Waals surface area contributed by atoms with Crippen molar-refractivity contribution in [1.29, 1.82) is 5.26 Å². The maximum Gasteiger partial charge on any atom is 0.223 e. The number of hydrogen-bond acceptors (Lipinski definition) is 5. The second-order valence-electron chi connectivity index (χ2n) is 7.63. The average molecular weight is 436 g/mol. The molecule has 0 spiro atoms. The number of fused-ring (bicyclic) bond motifs is 1. The molecule has 4 rings (SSSR count). The molecule has 1 amide bonds. The first-order chi connectivity index (χ1) is 14.8. The molecule has 0 unspecified atom stereocenters. The lowest BCUT2D eigenvalue weighted by molar-refractivity contribution is -0.126. The lowest BCUT2D eigenvalue weighted by Gasteiger charge is -2.29. The van der Waals surface area contributed by atoms with Gasteiger partial charge in [0.25, 0.3) is 0 Å². The van der Waals surface area contributed by atoms with Gasteiger partial charge >= 0.3 is 0 Å². The van der Waals surface area contributed by atoms with Gasteiger partial charge in [0.05, 0.1) is 26.9 Å². The highest BCUT2D eigenvalue weighted by Crippen LogP contribution is 2.40. The molecule has 0 aliphatic heterocycles. The fraction of sp³-hybridized carbons (Fsp3) is 0.375. The van der Waals surface area contributed by atoms with Gasteiger partial charge in [-0.25, -0.2) is 4.98 Å². The molecule has 1 aromatic heterocycles. The lowest BCUT2D eigenvalue weighted by Crippen LogP contribution is -2.37. The molecular weight excluding hydrogens is 410 g/mol. The molecule has 1 aliphatic rings. The van der Waals surface area contributed by atoms with E-state index in [1.54, 1.807) is 23.1 Å². The molecule has 0 radical (unpaired) electrons. The Morgan fingerprint density at radius 1 is 1.17 bits per heavy atom. The number of nitrogens with zero attached hydrogens (tertiary/aromatic N) is 2. The third-order valence-electron chi connectivity index (χ3n) is 5.67. The molecule has 1 saturated carbocycles. The van der Waals surface area contributed by atoms with E-state index >= 15 is 0 Å². The van der Waals surface area contributed by atoms with Crippen LogP contribution < -0.4 is 5.32 Å².